The molecule has 13 heteroatoms. The van der Waals surface area contributed by atoms with Crippen LogP contribution >= 0.6 is 0 Å². The van der Waals surface area contributed by atoms with Gasteiger partial charge in [-0.25, -0.2) is 4.98 Å². The molecular weight excluding hydrogens is 415 g/mol. The molecule has 0 radical (unpaired) electrons. The summed E-state index contributed by atoms with van der Waals surface area (Å²) in [6.45, 7) is 0.0754. The molecule has 0 aliphatic heterocycles. The van der Waals surface area contributed by atoms with Gasteiger partial charge < -0.3 is 9.73 Å². The number of aromatic amines is 1. The average Bonchev–Trinajstić information content (AvgIpc) is 3.32. The summed E-state index contributed by atoms with van der Waals surface area (Å²) in [7, 11) is -5.65. The molecule has 0 aliphatic rings. The summed E-state index contributed by atoms with van der Waals surface area (Å²) in [4.78, 5) is 16.5. The molecule has 3 rings (SSSR count). The van der Waals surface area contributed by atoms with Crippen LogP contribution < -0.4 is 10.0 Å². The van der Waals surface area contributed by atoms with Crippen LogP contribution in [-0.4, -0.2) is 41.6 Å². The molecule has 3 aromatic rings. The number of furan rings is 1. The lowest BCUT2D eigenvalue weighted by molar-refractivity contribution is -0.0429. The second kappa shape index (κ2) is 7.95. The molecule has 0 fully saturated rings. The van der Waals surface area contributed by atoms with Crippen LogP contribution in [0.5, 0.6) is 0 Å². The highest BCUT2D eigenvalue weighted by Gasteiger charge is 2.46. The van der Waals surface area contributed by atoms with Crippen LogP contribution in [0.15, 0.2) is 47.1 Å². The number of sulfonamides is 1. The van der Waals surface area contributed by atoms with E-state index in [-0.39, 0.29) is 18.5 Å². The minimum Gasteiger partial charge on any atom is -0.461 e. The van der Waals surface area contributed by atoms with Crippen LogP contribution in [0.4, 0.5) is 18.9 Å². The summed E-state index contributed by atoms with van der Waals surface area (Å²) >= 11 is 0. The van der Waals surface area contributed by atoms with Crippen molar-refractivity contribution in [3.63, 3.8) is 0 Å². The maximum Gasteiger partial charge on any atom is 0.516 e. The number of hydrogen-bond donors (Lipinski definition) is 3. The van der Waals surface area contributed by atoms with E-state index in [0.29, 0.717) is 17.4 Å². The molecule has 9 nitrogen and oxygen atoms in total. The van der Waals surface area contributed by atoms with Crippen molar-refractivity contribution in [2.24, 2.45) is 0 Å². The van der Waals surface area contributed by atoms with Crippen LogP contribution in [0.1, 0.15) is 16.2 Å². The summed E-state index contributed by atoms with van der Waals surface area (Å²) in [5.41, 5.74) is -6.24. The van der Waals surface area contributed by atoms with E-state index in [9.17, 15) is 26.4 Å². The second-order valence-electron chi connectivity index (χ2n) is 5.69. The van der Waals surface area contributed by atoms with Crippen molar-refractivity contribution in [1.29, 1.82) is 0 Å². The third-order valence-electron chi connectivity index (χ3n) is 3.64. The van der Waals surface area contributed by atoms with E-state index >= 15 is 0 Å². The van der Waals surface area contributed by atoms with Crippen molar-refractivity contribution >= 4 is 21.6 Å². The maximum absolute atomic E-state index is 12.6. The molecule has 0 bridgehead atoms. The number of nitrogens with one attached hydrogen (secondary N) is 3. The molecule has 0 saturated carbocycles. The largest absolute Gasteiger partial charge is 0.516 e. The molecule has 2 heterocycles. The number of para-hydroxylation sites is 1. The van der Waals surface area contributed by atoms with E-state index in [4.69, 9.17) is 4.42 Å². The van der Waals surface area contributed by atoms with Gasteiger partial charge in [-0.05, 0) is 24.3 Å². The van der Waals surface area contributed by atoms with E-state index < -0.39 is 27.1 Å². The predicted octanol–water partition coefficient (Wildman–Crippen LogP) is 2.30. The fraction of sp³-hybridized carbons (Fsp3) is 0.188. The Hall–Kier alpha value is -3.35. The van der Waals surface area contributed by atoms with Crippen molar-refractivity contribution in [2.75, 3.05) is 11.3 Å². The van der Waals surface area contributed by atoms with E-state index in [1.54, 1.807) is 12.1 Å². The Labute approximate surface area is 162 Å². The Morgan fingerprint density at radius 3 is 2.62 bits per heavy atom. The standard InChI is InChI=1S/C16H14F3N5O4S/c17-16(18,19)29(26,27)24-11-5-2-1-4-10(11)15(25)20-8-7-13-21-14(23-22-13)12-6-3-9-28-12/h1-6,9,24H,7-8H2,(H,20,25)(H,21,22,23). The molecule has 0 saturated heterocycles. The molecular formula is C16H14F3N5O4S. The van der Waals surface area contributed by atoms with Crippen molar-refractivity contribution in [1.82, 2.24) is 20.5 Å². The number of anilines is 1. The van der Waals surface area contributed by atoms with Gasteiger partial charge in [0.1, 0.15) is 5.82 Å². The lowest BCUT2D eigenvalue weighted by Crippen LogP contribution is -2.32. The van der Waals surface area contributed by atoms with Gasteiger partial charge >= 0.3 is 15.5 Å². The predicted molar refractivity (Wildman–Crippen MR) is 95.2 cm³/mol. The highest BCUT2D eigenvalue weighted by atomic mass is 32.2. The molecule has 0 unspecified atom stereocenters. The Kier molecular flexibility index (Phi) is 5.59. The summed E-state index contributed by atoms with van der Waals surface area (Å²) < 4.78 is 66.9. The topological polar surface area (TPSA) is 130 Å². The van der Waals surface area contributed by atoms with Crippen LogP contribution in [0.3, 0.4) is 0 Å². The molecule has 1 amide bonds. The van der Waals surface area contributed by atoms with Gasteiger partial charge in [-0.2, -0.15) is 26.7 Å². The fourth-order valence-electron chi connectivity index (χ4n) is 2.29. The number of carbonyl (C=O) groups is 1. The number of alkyl halides is 3. The van der Waals surface area contributed by atoms with Gasteiger partial charge in [0.15, 0.2) is 5.76 Å². The van der Waals surface area contributed by atoms with Crippen LogP contribution in [0, 0.1) is 0 Å². The van der Waals surface area contributed by atoms with Gasteiger partial charge in [0.25, 0.3) is 5.91 Å². The highest BCUT2D eigenvalue weighted by Crippen LogP contribution is 2.27. The van der Waals surface area contributed by atoms with Gasteiger partial charge in [0.05, 0.1) is 17.5 Å². The normalized spacial score (nSPS) is 12.0. The molecule has 154 valence electrons. The Morgan fingerprint density at radius 1 is 1.17 bits per heavy atom. The number of H-pyrrole nitrogens is 1. The van der Waals surface area contributed by atoms with Crippen molar-refractivity contribution < 1.29 is 30.8 Å². The van der Waals surface area contributed by atoms with E-state index in [1.807, 2.05) is 0 Å². The first-order chi connectivity index (χ1) is 13.7. The number of halogens is 3. The SMILES string of the molecule is O=C(NCCc1nc(-c2ccco2)n[nH]1)c1ccccc1NS(=O)(=O)C(F)(F)F. The van der Waals surface area contributed by atoms with Crippen LogP contribution in [-0.2, 0) is 16.4 Å². The number of amides is 1. The first-order valence-electron chi connectivity index (χ1n) is 8.09. The lowest BCUT2D eigenvalue weighted by atomic mass is 10.1. The number of carbonyl (C=O) groups excluding carboxylic acids is 1. The number of hydrogen-bond acceptors (Lipinski definition) is 6. The Bertz CT molecular complexity index is 1090. The first-order valence-corrected chi connectivity index (χ1v) is 9.57. The summed E-state index contributed by atoms with van der Waals surface area (Å²) in [5, 5.41) is 9.13. The Balaban J connectivity index is 1.63. The van der Waals surface area contributed by atoms with Crippen LogP contribution in [0.2, 0.25) is 0 Å². The van der Waals surface area contributed by atoms with Gasteiger partial charge in [-0.1, -0.05) is 12.1 Å². The molecule has 0 aliphatic carbocycles. The zero-order chi connectivity index (χ0) is 21.1. The molecule has 29 heavy (non-hydrogen) atoms. The average molecular weight is 429 g/mol. The smallest absolute Gasteiger partial charge is 0.461 e. The van der Waals surface area contributed by atoms with Crippen molar-refractivity contribution in [3.05, 3.63) is 54.0 Å². The van der Waals surface area contributed by atoms with E-state index in [1.165, 1.54) is 29.2 Å². The highest BCUT2D eigenvalue weighted by molar-refractivity contribution is 7.93. The third kappa shape index (κ3) is 4.74. The first kappa shape index (κ1) is 20.4. The van der Waals surface area contributed by atoms with Crippen molar-refractivity contribution in [3.8, 4) is 11.6 Å². The summed E-state index contributed by atoms with van der Waals surface area (Å²) in [5.74, 6) is 0.490. The third-order valence-corrected chi connectivity index (χ3v) is 4.74. The van der Waals surface area contributed by atoms with Gasteiger partial charge in [0.2, 0.25) is 5.82 Å². The quantitative estimate of drug-likeness (QED) is 0.528. The zero-order valence-corrected chi connectivity index (χ0v) is 15.3. The number of nitrogens with zero attached hydrogens (tertiary/aromatic N) is 2. The summed E-state index contributed by atoms with van der Waals surface area (Å²) in [6, 6.07) is 8.31. The minimum absolute atomic E-state index is 0.0754. The molecule has 3 N–H and O–H groups in total. The van der Waals surface area contributed by atoms with E-state index in [2.05, 4.69) is 20.5 Å². The molecule has 0 spiro atoms. The van der Waals surface area contributed by atoms with Gasteiger partial charge in [-0.3, -0.25) is 14.6 Å². The molecule has 1 aromatic carbocycles. The van der Waals surface area contributed by atoms with E-state index in [0.717, 1.165) is 6.07 Å². The van der Waals surface area contributed by atoms with Gasteiger partial charge in [-0.15, -0.1) is 0 Å². The molecule has 0 atom stereocenters. The number of benzene rings is 1. The minimum atomic E-state index is -5.65. The lowest BCUT2D eigenvalue weighted by Gasteiger charge is -2.13. The Morgan fingerprint density at radius 2 is 1.93 bits per heavy atom. The maximum atomic E-state index is 12.6. The van der Waals surface area contributed by atoms with Crippen LogP contribution in [0.25, 0.3) is 11.6 Å². The second-order valence-corrected chi connectivity index (χ2v) is 7.36. The number of rotatable bonds is 7. The van der Waals surface area contributed by atoms with Crippen molar-refractivity contribution in [2.45, 2.75) is 11.9 Å². The monoisotopic (exact) mass is 429 g/mol. The molecule has 2 aromatic heterocycles. The zero-order valence-electron chi connectivity index (χ0n) is 14.5. The number of aromatic nitrogens is 3. The van der Waals surface area contributed by atoms with Gasteiger partial charge in [0, 0.05) is 13.0 Å². The summed E-state index contributed by atoms with van der Waals surface area (Å²) in [6.07, 6.45) is 1.71. The fourth-order valence-corrected chi connectivity index (χ4v) is 2.87.